The normalized spacial score (nSPS) is 17.7. The molecule has 0 aromatic heterocycles. The fourth-order valence-corrected chi connectivity index (χ4v) is 4.09. The lowest BCUT2D eigenvalue weighted by molar-refractivity contribution is -0.185. The van der Waals surface area contributed by atoms with Gasteiger partial charge >= 0.3 is 0 Å². The third kappa shape index (κ3) is 6.53. The molecule has 4 rings (SSSR count). The maximum atomic E-state index is 13.8. The third-order valence-corrected chi connectivity index (χ3v) is 5.93. The molecule has 1 amide bonds. The Morgan fingerprint density at radius 1 is 1.09 bits per heavy atom. The molecule has 0 atom stereocenters. The second-order valence-corrected chi connectivity index (χ2v) is 8.31. The Morgan fingerprint density at radius 3 is 2.51 bits per heavy atom. The second-order valence-electron chi connectivity index (χ2n) is 8.31. The van der Waals surface area contributed by atoms with Gasteiger partial charge in [0.25, 0.3) is 0 Å². The summed E-state index contributed by atoms with van der Waals surface area (Å²) in [6.45, 7) is 4.14. The molecule has 1 N–H and O–H groups in total. The van der Waals surface area contributed by atoms with Crippen LogP contribution in [0.5, 0.6) is 11.5 Å². The van der Waals surface area contributed by atoms with E-state index in [0.29, 0.717) is 49.6 Å². The van der Waals surface area contributed by atoms with Gasteiger partial charge in [-0.3, -0.25) is 9.69 Å². The first kappa shape index (κ1) is 25.0. The van der Waals surface area contributed by atoms with E-state index >= 15 is 0 Å². The van der Waals surface area contributed by atoms with Gasteiger partial charge in [-0.2, -0.15) is 0 Å². The van der Waals surface area contributed by atoms with Gasteiger partial charge in [0.1, 0.15) is 23.9 Å². The van der Waals surface area contributed by atoms with Gasteiger partial charge in [-0.05, 0) is 12.1 Å². The zero-order valence-electron chi connectivity index (χ0n) is 19.3. The van der Waals surface area contributed by atoms with Crippen LogP contribution in [0.3, 0.4) is 0 Å². The third-order valence-electron chi connectivity index (χ3n) is 5.93. The molecule has 35 heavy (non-hydrogen) atoms. The molecule has 1 spiro atoms. The number of piperidine rings is 1. The number of carbonyl (C=O) groups is 1. The van der Waals surface area contributed by atoms with Gasteiger partial charge in [-0.25, -0.2) is 13.2 Å². The number of amides is 1. The van der Waals surface area contributed by atoms with Crippen molar-refractivity contribution >= 4 is 17.7 Å². The van der Waals surface area contributed by atoms with Crippen molar-refractivity contribution < 1.29 is 36.9 Å². The lowest BCUT2D eigenvalue weighted by Crippen LogP contribution is -2.46. The maximum Gasteiger partial charge on any atom is 0.248 e. The van der Waals surface area contributed by atoms with Gasteiger partial charge in [0.15, 0.2) is 17.4 Å². The first-order valence-electron chi connectivity index (χ1n) is 11.3. The summed E-state index contributed by atoms with van der Waals surface area (Å²) in [5, 5.41) is 2.61. The number of carbonyl (C=O) groups excluding carboxylic acids is 1. The van der Waals surface area contributed by atoms with Crippen molar-refractivity contribution in [2.24, 2.45) is 0 Å². The number of nitrogens with one attached hydrogen (secondary N) is 1. The minimum absolute atomic E-state index is 0.373. The van der Waals surface area contributed by atoms with Gasteiger partial charge in [0, 0.05) is 74.1 Å². The Bertz CT molecular complexity index is 1080. The number of methoxy groups -OCH3 is 1. The van der Waals surface area contributed by atoms with E-state index < -0.39 is 29.1 Å². The largest absolute Gasteiger partial charge is 0.497 e. The summed E-state index contributed by atoms with van der Waals surface area (Å²) in [6.07, 6.45) is 3.63. The smallest absolute Gasteiger partial charge is 0.248 e. The first-order chi connectivity index (χ1) is 16.9. The molecule has 2 heterocycles. The van der Waals surface area contributed by atoms with Crippen molar-refractivity contribution in [1.82, 2.24) is 4.90 Å². The number of likely N-dealkylation sites (tertiary alicyclic amines) is 1. The Hall–Kier alpha value is -3.08. The van der Waals surface area contributed by atoms with Crippen LogP contribution in [0.1, 0.15) is 18.4 Å². The predicted octanol–water partition coefficient (Wildman–Crippen LogP) is 3.98. The number of hydrogen-bond acceptors (Lipinski definition) is 6. The highest BCUT2D eigenvalue weighted by molar-refractivity contribution is 6.02. The predicted molar refractivity (Wildman–Crippen MR) is 123 cm³/mol. The fourth-order valence-electron chi connectivity index (χ4n) is 4.09. The second kappa shape index (κ2) is 11.1. The number of anilines is 1. The molecular weight excluding hydrogens is 465 g/mol. The van der Waals surface area contributed by atoms with Gasteiger partial charge in [-0.15, -0.1) is 0 Å². The summed E-state index contributed by atoms with van der Waals surface area (Å²) in [5.41, 5.74) is 0.0114. The van der Waals surface area contributed by atoms with Crippen molar-refractivity contribution in [3.8, 4) is 11.5 Å². The maximum absolute atomic E-state index is 13.8. The van der Waals surface area contributed by atoms with E-state index in [0.717, 1.165) is 44.1 Å². The summed E-state index contributed by atoms with van der Waals surface area (Å²) in [4.78, 5) is 14.6. The highest BCUT2D eigenvalue weighted by Gasteiger charge is 2.39. The van der Waals surface area contributed by atoms with Crippen molar-refractivity contribution in [1.29, 1.82) is 0 Å². The van der Waals surface area contributed by atoms with Crippen molar-refractivity contribution in [3.05, 3.63) is 59.4 Å². The Kier molecular flexibility index (Phi) is 7.94. The van der Waals surface area contributed by atoms with Crippen LogP contribution in [0.25, 0.3) is 6.08 Å². The molecule has 0 aliphatic carbocycles. The van der Waals surface area contributed by atoms with Crippen molar-refractivity contribution in [3.63, 3.8) is 0 Å². The SMILES string of the molecule is COc1cc(NC(=O)/C=C/c2cc(F)cc(F)c2F)cc(OCCN2CCC3(CC2)OCCO3)c1. The van der Waals surface area contributed by atoms with Crippen LogP contribution in [0.4, 0.5) is 18.9 Å². The Morgan fingerprint density at radius 2 is 1.80 bits per heavy atom. The molecule has 7 nitrogen and oxygen atoms in total. The molecule has 10 heteroatoms. The zero-order chi connectivity index (χ0) is 24.8. The van der Waals surface area contributed by atoms with Crippen LogP contribution in [0.15, 0.2) is 36.4 Å². The number of benzene rings is 2. The summed E-state index contributed by atoms with van der Waals surface area (Å²) in [6, 6.07) is 6.15. The van der Waals surface area contributed by atoms with E-state index in [2.05, 4.69) is 10.2 Å². The average molecular weight is 492 g/mol. The van der Waals surface area contributed by atoms with Crippen LogP contribution in [-0.2, 0) is 14.3 Å². The molecule has 0 saturated carbocycles. The van der Waals surface area contributed by atoms with E-state index in [1.165, 1.54) is 7.11 Å². The van der Waals surface area contributed by atoms with Crippen LogP contribution in [0, 0.1) is 17.5 Å². The molecule has 2 fully saturated rings. The first-order valence-corrected chi connectivity index (χ1v) is 11.3. The number of halogens is 3. The quantitative estimate of drug-likeness (QED) is 0.444. The fraction of sp³-hybridized carbons (Fsp3) is 0.400. The highest BCUT2D eigenvalue weighted by Crippen LogP contribution is 2.31. The molecule has 2 aromatic carbocycles. The van der Waals surface area contributed by atoms with Crippen LogP contribution < -0.4 is 14.8 Å². The van der Waals surface area contributed by atoms with Crippen molar-refractivity contribution in [2.45, 2.75) is 18.6 Å². The standard InChI is InChI=1S/C25H27F3N2O5/c1-32-20-14-19(29-23(31)3-2-17-12-18(26)13-22(27)24(17)28)15-21(16-20)33-9-8-30-6-4-25(5-7-30)34-10-11-35-25/h2-3,12-16H,4-11H2,1H3,(H,29,31)/b3-2+. The summed E-state index contributed by atoms with van der Waals surface area (Å²) in [7, 11) is 1.49. The van der Waals surface area contributed by atoms with Crippen LogP contribution in [-0.4, -0.2) is 63.2 Å². The topological polar surface area (TPSA) is 69.3 Å². The molecule has 0 radical (unpaired) electrons. The van der Waals surface area contributed by atoms with E-state index in [9.17, 15) is 18.0 Å². The Labute approximate surface area is 201 Å². The highest BCUT2D eigenvalue weighted by atomic mass is 19.2. The number of rotatable bonds is 8. The molecule has 0 bridgehead atoms. The van der Waals surface area contributed by atoms with Gasteiger partial charge in [-0.1, -0.05) is 0 Å². The van der Waals surface area contributed by atoms with E-state index in [1.54, 1.807) is 18.2 Å². The summed E-state index contributed by atoms with van der Waals surface area (Å²) >= 11 is 0. The Balaban J connectivity index is 1.31. The summed E-state index contributed by atoms with van der Waals surface area (Å²) in [5.74, 6) is -3.58. The zero-order valence-corrected chi connectivity index (χ0v) is 19.3. The number of nitrogens with zero attached hydrogens (tertiary/aromatic N) is 1. The van der Waals surface area contributed by atoms with E-state index in [-0.39, 0.29) is 5.56 Å². The van der Waals surface area contributed by atoms with Crippen LogP contribution >= 0.6 is 0 Å². The monoisotopic (exact) mass is 492 g/mol. The van der Waals surface area contributed by atoms with Gasteiger partial charge in [0.2, 0.25) is 5.91 Å². The molecule has 188 valence electrons. The van der Waals surface area contributed by atoms with Gasteiger partial charge in [0.05, 0.1) is 20.3 Å². The average Bonchev–Trinajstić information content (AvgIpc) is 3.29. The lowest BCUT2D eigenvalue weighted by atomic mass is 10.0. The minimum atomic E-state index is -1.33. The molecule has 2 aromatic rings. The summed E-state index contributed by atoms with van der Waals surface area (Å²) < 4.78 is 63.1. The molecule has 2 aliphatic rings. The van der Waals surface area contributed by atoms with Crippen molar-refractivity contribution in [2.75, 3.05) is 51.9 Å². The lowest BCUT2D eigenvalue weighted by Gasteiger charge is -2.37. The van der Waals surface area contributed by atoms with E-state index in [4.69, 9.17) is 18.9 Å². The minimum Gasteiger partial charge on any atom is -0.497 e. The number of ether oxygens (including phenoxy) is 4. The molecular formula is C25H27F3N2O5. The van der Waals surface area contributed by atoms with E-state index in [1.807, 2.05) is 0 Å². The molecule has 2 aliphatic heterocycles. The molecule has 2 saturated heterocycles. The van der Waals surface area contributed by atoms with Gasteiger partial charge < -0.3 is 24.3 Å². The van der Waals surface area contributed by atoms with Crippen LogP contribution in [0.2, 0.25) is 0 Å². The molecule has 0 unspecified atom stereocenters. The number of hydrogen-bond donors (Lipinski definition) is 1.